The Morgan fingerprint density at radius 3 is 2.45 bits per heavy atom. The molecule has 0 aliphatic rings. The number of hydrogen-bond acceptors (Lipinski definition) is 2. The highest BCUT2D eigenvalue weighted by molar-refractivity contribution is 9.10. The van der Waals surface area contributed by atoms with Gasteiger partial charge < -0.3 is 4.90 Å². The molecule has 6 heteroatoms. The number of benzene rings is 2. The van der Waals surface area contributed by atoms with Crippen LogP contribution in [0.5, 0.6) is 0 Å². The molecule has 2 aromatic carbocycles. The first-order valence-corrected chi connectivity index (χ1v) is 9.73. The van der Waals surface area contributed by atoms with Crippen molar-refractivity contribution >= 4 is 37.4 Å². The van der Waals surface area contributed by atoms with Gasteiger partial charge in [-0.3, -0.25) is 0 Å². The van der Waals surface area contributed by atoms with Crippen molar-refractivity contribution in [3.63, 3.8) is 0 Å². The zero-order chi connectivity index (χ0) is 16.2. The summed E-state index contributed by atoms with van der Waals surface area (Å²) in [5.74, 6) is 0.126. The summed E-state index contributed by atoms with van der Waals surface area (Å²) in [5.41, 5.74) is 1.10. The molecule has 22 heavy (non-hydrogen) atoms. The number of nitrogens with one attached hydrogen (secondary N) is 1. The number of sulfone groups is 1. The summed E-state index contributed by atoms with van der Waals surface area (Å²) < 4.78 is 25.5. The Labute approximate surface area is 145 Å². The van der Waals surface area contributed by atoms with E-state index in [9.17, 15) is 8.42 Å². The first-order valence-electron chi connectivity index (χ1n) is 6.91. The van der Waals surface area contributed by atoms with Gasteiger partial charge in [0.05, 0.1) is 18.5 Å². The highest BCUT2D eigenvalue weighted by Gasteiger charge is 2.17. The van der Waals surface area contributed by atoms with E-state index in [0.717, 1.165) is 21.5 Å². The van der Waals surface area contributed by atoms with E-state index in [4.69, 9.17) is 11.6 Å². The third kappa shape index (κ3) is 5.09. The van der Waals surface area contributed by atoms with Gasteiger partial charge >= 0.3 is 0 Å². The van der Waals surface area contributed by atoms with Crippen molar-refractivity contribution in [2.24, 2.45) is 0 Å². The van der Waals surface area contributed by atoms with Crippen LogP contribution >= 0.6 is 27.5 Å². The van der Waals surface area contributed by atoms with Gasteiger partial charge in [-0.05, 0) is 36.4 Å². The molecule has 118 valence electrons. The second kappa shape index (κ2) is 7.59. The van der Waals surface area contributed by atoms with Gasteiger partial charge in [0.1, 0.15) is 12.3 Å². The average molecular weight is 404 g/mol. The predicted octanol–water partition coefficient (Wildman–Crippen LogP) is 2.59. The Kier molecular flexibility index (Phi) is 6.03. The Hall–Kier alpha value is -0.880. The van der Waals surface area contributed by atoms with Crippen molar-refractivity contribution in [3.05, 3.63) is 63.6 Å². The molecule has 0 heterocycles. The summed E-state index contributed by atoms with van der Waals surface area (Å²) >= 11 is 9.27. The molecule has 0 saturated heterocycles. The molecule has 0 aliphatic heterocycles. The van der Waals surface area contributed by atoms with Gasteiger partial charge in [0.2, 0.25) is 0 Å². The lowest BCUT2D eigenvalue weighted by atomic mass is 10.2. The Balaban J connectivity index is 1.95. The molecule has 0 radical (unpaired) electrons. The number of rotatable bonds is 6. The molecule has 0 bridgehead atoms. The summed E-state index contributed by atoms with van der Waals surface area (Å²) in [6.45, 7) is 1.29. The van der Waals surface area contributed by atoms with E-state index in [1.165, 1.54) is 0 Å². The Morgan fingerprint density at radius 2 is 1.82 bits per heavy atom. The van der Waals surface area contributed by atoms with Crippen LogP contribution in [-0.4, -0.2) is 27.8 Å². The van der Waals surface area contributed by atoms with Crippen LogP contribution in [0.4, 0.5) is 0 Å². The van der Waals surface area contributed by atoms with Crippen molar-refractivity contribution in [2.75, 3.05) is 19.3 Å². The molecule has 1 unspecified atom stereocenters. The van der Waals surface area contributed by atoms with E-state index in [1.54, 1.807) is 24.3 Å². The van der Waals surface area contributed by atoms with E-state index in [0.29, 0.717) is 16.5 Å². The monoisotopic (exact) mass is 402 g/mol. The fourth-order valence-corrected chi connectivity index (χ4v) is 4.03. The minimum atomic E-state index is -3.24. The molecule has 0 aromatic heterocycles. The molecule has 0 fully saturated rings. The zero-order valence-electron chi connectivity index (χ0n) is 12.2. The molecule has 0 aliphatic carbocycles. The summed E-state index contributed by atoms with van der Waals surface area (Å²) in [6.07, 6.45) is 0. The minimum Gasteiger partial charge on any atom is -0.333 e. The fourth-order valence-electron chi connectivity index (χ4n) is 2.15. The van der Waals surface area contributed by atoms with Crippen molar-refractivity contribution in [1.82, 2.24) is 0 Å². The van der Waals surface area contributed by atoms with E-state index in [2.05, 4.69) is 15.9 Å². The van der Waals surface area contributed by atoms with Crippen LogP contribution in [0.3, 0.4) is 0 Å². The van der Waals surface area contributed by atoms with Crippen LogP contribution < -0.4 is 4.90 Å². The average Bonchev–Trinajstić information content (AvgIpc) is 2.46. The van der Waals surface area contributed by atoms with Crippen molar-refractivity contribution in [3.8, 4) is 0 Å². The Morgan fingerprint density at radius 1 is 1.14 bits per heavy atom. The zero-order valence-corrected chi connectivity index (χ0v) is 15.4. The highest BCUT2D eigenvalue weighted by atomic mass is 79.9. The van der Waals surface area contributed by atoms with Crippen LogP contribution in [0.25, 0.3) is 0 Å². The van der Waals surface area contributed by atoms with Gasteiger partial charge in [0.25, 0.3) is 0 Å². The number of halogens is 2. The highest BCUT2D eigenvalue weighted by Crippen LogP contribution is 2.15. The molecule has 3 nitrogen and oxygen atoms in total. The minimum absolute atomic E-state index is 0.126. The first-order chi connectivity index (χ1) is 10.4. The molecule has 2 aromatic rings. The lowest BCUT2D eigenvalue weighted by Gasteiger charge is -2.14. The summed E-state index contributed by atoms with van der Waals surface area (Å²) in [6, 6.07) is 14.4. The number of quaternary nitrogens is 1. The maximum Gasteiger partial charge on any atom is 0.183 e. The fraction of sp³-hybridized carbons (Fsp3) is 0.250. The van der Waals surface area contributed by atoms with Crippen LogP contribution in [0.15, 0.2) is 57.9 Å². The van der Waals surface area contributed by atoms with E-state index in [-0.39, 0.29) is 5.75 Å². The molecular formula is C16H18BrClNO2S+. The smallest absolute Gasteiger partial charge is 0.183 e. The maximum absolute atomic E-state index is 12.3. The maximum atomic E-state index is 12.3. The van der Waals surface area contributed by atoms with Crippen molar-refractivity contribution in [2.45, 2.75) is 11.4 Å². The van der Waals surface area contributed by atoms with Gasteiger partial charge in [-0.15, -0.1) is 0 Å². The molecule has 0 amide bonds. The lowest BCUT2D eigenvalue weighted by Crippen LogP contribution is -3.08. The summed E-state index contributed by atoms with van der Waals surface area (Å²) in [5, 5.41) is 0.702. The third-order valence-electron chi connectivity index (χ3n) is 3.37. The lowest BCUT2D eigenvalue weighted by molar-refractivity contribution is -0.891. The summed E-state index contributed by atoms with van der Waals surface area (Å²) in [7, 11) is -1.26. The molecular weight excluding hydrogens is 386 g/mol. The SMILES string of the molecule is C[NH+](CCS(=O)(=O)c1ccc(Br)cc1)Cc1cccc(Cl)c1. The van der Waals surface area contributed by atoms with E-state index < -0.39 is 9.84 Å². The second-order valence-corrected chi connectivity index (χ2v) is 8.75. The van der Waals surface area contributed by atoms with Crippen molar-refractivity contribution in [1.29, 1.82) is 0 Å². The summed E-state index contributed by atoms with van der Waals surface area (Å²) in [4.78, 5) is 1.49. The van der Waals surface area contributed by atoms with Crippen LogP contribution in [0.2, 0.25) is 5.02 Å². The molecule has 0 spiro atoms. The molecule has 1 N–H and O–H groups in total. The molecule has 0 saturated carbocycles. The third-order valence-corrected chi connectivity index (χ3v) is 5.86. The van der Waals surface area contributed by atoms with E-state index in [1.807, 2.05) is 31.3 Å². The van der Waals surface area contributed by atoms with Gasteiger partial charge in [-0.1, -0.05) is 39.7 Å². The largest absolute Gasteiger partial charge is 0.333 e. The molecule has 2 rings (SSSR count). The topological polar surface area (TPSA) is 38.6 Å². The second-order valence-electron chi connectivity index (χ2n) is 5.29. The van der Waals surface area contributed by atoms with Gasteiger partial charge in [0.15, 0.2) is 9.84 Å². The number of hydrogen-bond donors (Lipinski definition) is 1. The molecule has 1 atom stereocenters. The Bertz CT molecular complexity index is 732. The van der Waals surface area contributed by atoms with Crippen LogP contribution in [0.1, 0.15) is 5.56 Å². The van der Waals surface area contributed by atoms with Crippen molar-refractivity contribution < 1.29 is 13.3 Å². The quantitative estimate of drug-likeness (QED) is 0.805. The van der Waals surface area contributed by atoms with Gasteiger partial charge in [-0.25, -0.2) is 8.42 Å². The normalized spacial score (nSPS) is 13.0. The first kappa shape index (κ1) is 17.5. The van der Waals surface area contributed by atoms with Gasteiger partial charge in [-0.2, -0.15) is 0 Å². The van der Waals surface area contributed by atoms with Gasteiger partial charge in [0, 0.05) is 15.1 Å². The predicted molar refractivity (Wildman–Crippen MR) is 93.1 cm³/mol. The van der Waals surface area contributed by atoms with E-state index >= 15 is 0 Å². The van der Waals surface area contributed by atoms with Crippen LogP contribution in [0, 0.1) is 0 Å². The standard InChI is InChI=1S/C16H17BrClNO2S/c1-19(12-13-3-2-4-15(18)11-13)9-10-22(20,21)16-7-5-14(17)6-8-16/h2-8,11H,9-10,12H2,1H3/p+1. The van der Waals surface area contributed by atoms with Crippen LogP contribution in [-0.2, 0) is 16.4 Å².